The fraction of sp³-hybridized carbons (Fsp3) is 0.259. The van der Waals surface area contributed by atoms with Crippen LogP contribution < -0.4 is 5.32 Å². The van der Waals surface area contributed by atoms with Crippen molar-refractivity contribution in [2.45, 2.75) is 39.3 Å². The molecule has 0 spiro atoms. The van der Waals surface area contributed by atoms with Gasteiger partial charge >= 0.3 is 0 Å². The van der Waals surface area contributed by atoms with Gasteiger partial charge in [-0.2, -0.15) is 0 Å². The molecule has 4 nitrogen and oxygen atoms in total. The molecule has 5 heteroatoms. The maximum absolute atomic E-state index is 13.6. The molecule has 0 heterocycles. The second-order valence-corrected chi connectivity index (χ2v) is 8.22. The minimum absolute atomic E-state index is 0.131. The van der Waals surface area contributed by atoms with Crippen LogP contribution in [0.25, 0.3) is 0 Å². The van der Waals surface area contributed by atoms with Gasteiger partial charge < -0.3 is 10.2 Å². The molecule has 0 aliphatic heterocycles. The summed E-state index contributed by atoms with van der Waals surface area (Å²) in [4.78, 5) is 28.5. The number of amides is 2. The Balaban J connectivity index is 1.98. The van der Waals surface area contributed by atoms with Crippen molar-refractivity contribution in [1.29, 1.82) is 0 Å². The number of hydrogen-bond donors (Lipinski definition) is 1. The summed E-state index contributed by atoms with van der Waals surface area (Å²) in [6.45, 7) is 4.75. The van der Waals surface area contributed by atoms with E-state index in [9.17, 15) is 9.59 Å². The lowest BCUT2D eigenvalue weighted by atomic mass is 10.0. The maximum Gasteiger partial charge on any atom is 0.243 e. The van der Waals surface area contributed by atoms with E-state index in [0.717, 1.165) is 22.3 Å². The van der Waals surface area contributed by atoms with E-state index in [2.05, 4.69) is 5.32 Å². The van der Waals surface area contributed by atoms with Gasteiger partial charge in [-0.25, -0.2) is 0 Å². The minimum Gasteiger partial charge on any atom is -0.355 e. The Morgan fingerprint density at radius 2 is 1.53 bits per heavy atom. The lowest BCUT2D eigenvalue weighted by Crippen LogP contribution is -2.51. The number of carbonyl (C=O) groups is 2. The average Bonchev–Trinajstić information content (AvgIpc) is 2.79. The molecule has 0 aliphatic carbocycles. The highest BCUT2D eigenvalue weighted by atomic mass is 35.5. The number of aryl methyl sites for hydroxylation is 1. The van der Waals surface area contributed by atoms with E-state index in [1.165, 1.54) is 0 Å². The largest absolute Gasteiger partial charge is 0.355 e. The van der Waals surface area contributed by atoms with Crippen LogP contribution in [0.1, 0.15) is 29.2 Å². The highest BCUT2D eigenvalue weighted by Gasteiger charge is 2.30. The van der Waals surface area contributed by atoms with Crippen molar-refractivity contribution < 1.29 is 9.59 Å². The van der Waals surface area contributed by atoms with Gasteiger partial charge in [-0.05, 0) is 42.2 Å². The minimum atomic E-state index is -0.632. The van der Waals surface area contributed by atoms with Crippen molar-refractivity contribution in [3.05, 3.63) is 106 Å². The summed E-state index contributed by atoms with van der Waals surface area (Å²) in [7, 11) is 0. The number of carbonyl (C=O) groups excluding carboxylic acids is 2. The molecule has 32 heavy (non-hydrogen) atoms. The topological polar surface area (TPSA) is 49.4 Å². The average molecular weight is 449 g/mol. The maximum atomic E-state index is 13.6. The smallest absolute Gasteiger partial charge is 0.243 e. The van der Waals surface area contributed by atoms with Crippen LogP contribution in [-0.4, -0.2) is 29.3 Å². The molecule has 0 radical (unpaired) electrons. The lowest BCUT2D eigenvalue weighted by molar-refractivity contribution is -0.140. The van der Waals surface area contributed by atoms with Crippen molar-refractivity contribution in [2.24, 2.45) is 0 Å². The van der Waals surface area contributed by atoms with E-state index in [4.69, 9.17) is 11.6 Å². The van der Waals surface area contributed by atoms with Crippen molar-refractivity contribution in [2.75, 3.05) is 6.54 Å². The molecule has 0 saturated carbocycles. The monoisotopic (exact) mass is 448 g/mol. The zero-order chi connectivity index (χ0) is 22.9. The molecular formula is C27H29ClN2O2. The van der Waals surface area contributed by atoms with E-state index in [1.54, 1.807) is 11.0 Å². The summed E-state index contributed by atoms with van der Waals surface area (Å²) in [6.07, 6.45) is 0.572. The zero-order valence-corrected chi connectivity index (χ0v) is 19.3. The third kappa shape index (κ3) is 6.21. The van der Waals surface area contributed by atoms with E-state index in [-0.39, 0.29) is 18.2 Å². The molecule has 0 aromatic heterocycles. The molecule has 1 N–H and O–H groups in total. The summed E-state index contributed by atoms with van der Waals surface area (Å²) in [5.74, 6) is -0.286. The van der Waals surface area contributed by atoms with Gasteiger partial charge in [0.1, 0.15) is 6.04 Å². The number of nitrogens with one attached hydrogen (secondary N) is 1. The molecule has 0 unspecified atom stereocenters. The molecule has 0 fully saturated rings. The van der Waals surface area contributed by atoms with Crippen LogP contribution in [0.15, 0.2) is 78.9 Å². The summed E-state index contributed by atoms with van der Waals surface area (Å²) < 4.78 is 0. The van der Waals surface area contributed by atoms with Crippen LogP contribution in [-0.2, 0) is 29.0 Å². The number of rotatable bonds is 9. The first-order valence-corrected chi connectivity index (χ1v) is 11.3. The second-order valence-electron chi connectivity index (χ2n) is 7.82. The summed E-state index contributed by atoms with van der Waals surface area (Å²) in [5, 5.41) is 3.47. The molecule has 3 rings (SSSR count). The third-order valence-electron chi connectivity index (χ3n) is 5.52. The molecule has 1 atom stereocenters. The fourth-order valence-corrected chi connectivity index (χ4v) is 3.93. The van der Waals surface area contributed by atoms with Crippen molar-refractivity contribution in [1.82, 2.24) is 10.2 Å². The van der Waals surface area contributed by atoms with E-state index < -0.39 is 6.04 Å². The number of nitrogens with zero attached hydrogens (tertiary/aromatic N) is 1. The lowest BCUT2D eigenvalue weighted by Gasteiger charge is -2.32. The van der Waals surface area contributed by atoms with Gasteiger partial charge in [-0.15, -0.1) is 0 Å². The van der Waals surface area contributed by atoms with E-state index in [0.29, 0.717) is 24.5 Å². The molecule has 0 aliphatic rings. The van der Waals surface area contributed by atoms with E-state index >= 15 is 0 Å². The number of hydrogen-bond acceptors (Lipinski definition) is 2. The highest BCUT2D eigenvalue weighted by molar-refractivity contribution is 6.31. The van der Waals surface area contributed by atoms with Crippen LogP contribution in [0.3, 0.4) is 0 Å². The van der Waals surface area contributed by atoms with Crippen LogP contribution in [0.2, 0.25) is 5.02 Å². The standard InChI is InChI=1S/C27H29ClN2O2/c1-3-29-27(32)25(17-21-12-5-4-6-13-21)30(19-23-15-8-7-11-20(23)2)26(31)18-22-14-9-10-16-24(22)28/h4-16,25H,3,17-19H2,1-2H3,(H,29,32)/t25-/m1/s1. The normalized spacial score (nSPS) is 11.6. The van der Waals surface area contributed by atoms with Gasteiger partial charge in [0.2, 0.25) is 11.8 Å². The zero-order valence-electron chi connectivity index (χ0n) is 18.6. The first-order chi connectivity index (χ1) is 15.5. The number of benzene rings is 3. The number of likely N-dealkylation sites (N-methyl/N-ethyl adjacent to an activating group) is 1. The van der Waals surface area contributed by atoms with Crippen LogP contribution in [0.5, 0.6) is 0 Å². The third-order valence-corrected chi connectivity index (χ3v) is 5.89. The molecule has 3 aromatic carbocycles. The predicted octanol–water partition coefficient (Wildman–Crippen LogP) is 4.97. The van der Waals surface area contributed by atoms with Gasteiger partial charge in [0.25, 0.3) is 0 Å². The molecule has 2 amide bonds. The predicted molar refractivity (Wildman–Crippen MR) is 130 cm³/mol. The summed E-state index contributed by atoms with van der Waals surface area (Å²) in [5.41, 5.74) is 3.85. The molecule has 0 saturated heterocycles. The summed E-state index contributed by atoms with van der Waals surface area (Å²) >= 11 is 6.33. The van der Waals surface area contributed by atoms with Crippen molar-refractivity contribution in [3.63, 3.8) is 0 Å². The SMILES string of the molecule is CCNC(=O)[C@@H](Cc1ccccc1)N(Cc1ccccc1C)C(=O)Cc1ccccc1Cl. The molecule has 166 valence electrons. The van der Waals surface area contributed by atoms with Crippen molar-refractivity contribution >= 4 is 23.4 Å². The Hall–Kier alpha value is -3.11. The van der Waals surface area contributed by atoms with Gasteiger partial charge in [0, 0.05) is 24.5 Å². The number of halogens is 1. The Morgan fingerprint density at radius 3 is 2.19 bits per heavy atom. The Bertz CT molecular complexity index is 1050. The van der Waals surface area contributed by atoms with Crippen LogP contribution in [0.4, 0.5) is 0 Å². The molecule has 3 aromatic rings. The van der Waals surface area contributed by atoms with Crippen LogP contribution in [0, 0.1) is 6.92 Å². The fourth-order valence-electron chi connectivity index (χ4n) is 3.72. The van der Waals surface area contributed by atoms with Gasteiger partial charge in [-0.1, -0.05) is 84.4 Å². The van der Waals surface area contributed by atoms with Gasteiger partial charge in [0.05, 0.1) is 6.42 Å². The Labute approximate surface area is 195 Å². The van der Waals surface area contributed by atoms with Crippen molar-refractivity contribution in [3.8, 4) is 0 Å². The highest BCUT2D eigenvalue weighted by Crippen LogP contribution is 2.21. The molecule has 0 bridgehead atoms. The summed E-state index contributed by atoms with van der Waals surface area (Å²) in [6, 6.07) is 24.5. The first kappa shape index (κ1) is 23.6. The van der Waals surface area contributed by atoms with Gasteiger partial charge in [0.15, 0.2) is 0 Å². The molecular weight excluding hydrogens is 420 g/mol. The first-order valence-electron chi connectivity index (χ1n) is 10.9. The van der Waals surface area contributed by atoms with E-state index in [1.807, 2.05) is 86.6 Å². The Morgan fingerprint density at radius 1 is 0.906 bits per heavy atom. The Kier molecular flexibility index (Phi) is 8.46. The quantitative estimate of drug-likeness (QED) is 0.502. The van der Waals surface area contributed by atoms with Crippen LogP contribution >= 0.6 is 11.6 Å². The second kappa shape index (κ2) is 11.5. The van der Waals surface area contributed by atoms with Gasteiger partial charge in [-0.3, -0.25) is 9.59 Å².